The smallest absolute Gasteiger partial charge is 0.0142 e. The van der Waals surface area contributed by atoms with Crippen molar-refractivity contribution in [2.24, 2.45) is 0 Å². The van der Waals surface area contributed by atoms with Crippen molar-refractivity contribution in [3.05, 3.63) is 12.4 Å². The Hall–Kier alpha value is -0.0300. The number of rotatable bonds is 2. The van der Waals surface area contributed by atoms with Crippen molar-refractivity contribution < 1.29 is 0 Å². The van der Waals surface area contributed by atoms with Crippen molar-refractivity contribution in [3.63, 3.8) is 0 Å². The van der Waals surface area contributed by atoms with E-state index in [4.69, 9.17) is 5.16 Å². The lowest BCUT2D eigenvalue weighted by atomic mass is 11.0. The molecule has 0 aliphatic rings. The molecule has 0 aromatic rings. The second-order valence-corrected chi connectivity index (χ2v) is 5.30. The third kappa shape index (κ3) is 2.64. The molecule has 1 atom stereocenters. The zero-order valence-corrected chi connectivity index (χ0v) is 5.83. The summed E-state index contributed by atoms with van der Waals surface area (Å²) in [7, 11) is -1.39. The molecule has 1 N–H and O–H groups in total. The van der Waals surface area contributed by atoms with Gasteiger partial charge in [-0.15, -0.1) is 0 Å². The summed E-state index contributed by atoms with van der Waals surface area (Å²) in [5, 5.41) is 7.42. The van der Waals surface area contributed by atoms with E-state index in [-0.39, 0.29) is 0 Å². The van der Waals surface area contributed by atoms with Gasteiger partial charge in [0, 0.05) is 0 Å². The summed E-state index contributed by atoms with van der Waals surface area (Å²) in [5.74, 6) is 1.77. The van der Waals surface area contributed by atoms with Gasteiger partial charge in [-0.25, -0.2) is 0 Å². The van der Waals surface area contributed by atoms with E-state index in [1.165, 1.54) is 0 Å². The molecule has 0 bridgehead atoms. The second-order valence-electron chi connectivity index (χ2n) is 1.77. The molecule has 0 saturated carbocycles. The monoisotopic (exact) mass is 117 g/mol. The Kier molecular flexibility index (Phi) is 2.31. The molecular weight excluding hydrogens is 105 g/mol. The molecule has 0 amide bonds. The summed E-state index contributed by atoms with van der Waals surface area (Å²) in [5.41, 5.74) is 0. The van der Waals surface area contributed by atoms with Crippen LogP contribution in [0.15, 0.2) is 12.4 Å². The van der Waals surface area contributed by atoms with E-state index in [2.05, 4.69) is 6.58 Å². The minimum atomic E-state index is -1.39. The van der Waals surface area contributed by atoms with Crippen LogP contribution in [0, 0.1) is 5.16 Å². The molecule has 0 radical (unpaired) electrons. The third-order valence-electron chi connectivity index (χ3n) is 1.06. The van der Waals surface area contributed by atoms with Crippen molar-refractivity contribution in [1.82, 2.24) is 0 Å². The average Bonchev–Trinajstić information content (AvgIpc) is 1.68. The highest BCUT2D eigenvalue weighted by atomic mass is 31.2. The highest BCUT2D eigenvalue weighted by molar-refractivity contribution is 7.67. The van der Waals surface area contributed by atoms with E-state index in [1.54, 1.807) is 5.82 Å². The maximum Gasteiger partial charge on any atom is -0.0142 e. The van der Waals surface area contributed by atoms with E-state index in [9.17, 15) is 0 Å². The van der Waals surface area contributed by atoms with Crippen molar-refractivity contribution in [3.8, 4) is 0 Å². The van der Waals surface area contributed by atoms with Crippen LogP contribution in [-0.2, 0) is 0 Å². The molecule has 0 aromatic carbocycles. The topological polar surface area (TPSA) is 23.9 Å². The first-order chi connectivity index (χ1) is 3.12. The zero-order valence-electron chi connectivity index (χ0n) is 4.94. The van der Waals surface area contributed by atoms with Crippen LogP contribution in [0.3, 0.4) is 0 Å². The van der Waals surface area contributed by atoms with Crippen LogP contribution < -0.4 is 0 Å². The lowest BCUT2D eigenvalue weighted by Crippen LogP contribution is -1.72. The fourth-order valence-corrected chi connectivity index (χ4v) is 0.387. The van der Waals surface area contributed by atoms with Gasteiger partial charge in [0.1, 0.15) is 0 Å². The van der Waals surface area contributed by atoms with E-state index in [0.717, 1.165) is 6.16 Å². The minimum Gasteiger partial charge on any atom is -0.315 e. The Labute approximate surface area is 45.3 Å². The van der Waals surface area contributed by atoms with Crippen LogP contribution in [0.4, 0.5) is 0 Å². The first-order valence-electron chi connectivity index (χ1n) is 2.36. The largest absolute Gasteiger partial charge is 0.315 e. The molecule has 0 aliphatic heterocycles. The molecular formula is C5H12NP. The SMILES string of the molecule is C=CP(C)(=N)CC. The summed E-state index contributed by atoms with van der Waals surface area (Å²) in [6, 6.07) is 0. The quantitative estimate of drug-likeness (QED) is 0.537. The van der Waals surface area contributed by atoms with Gasteiger partial charge in [-0.1, -0.05) is 19.3 Å². The van der Waals surface area contributed by atoms with E-state index in [0.29, 0.717) is 0 Å². The van der Waals surface area contributed by atoms with Gasteiger partial charge in [0.25, 0.3) is 0 Å². The van der Waals surface area contributed by atoms with E-state index < -0.39 is 7.05 Å². The molecule has 1 unspecified atom stereocenters. The molecule has 0 spiro atoms. The molecule has 1 nitrogen and oxygen atoms in total. The predicted octanol–water partition coefficient (Wildman–Crippen LogP) is 2.56. The van der Waals surface area contributed by atoms with Crippen LogP contribution in [0.5, 0.6) is 0 Å². The normalized spacial score (nSPS) is 18.0. The Morgan fingerprint density at radius 3 is 2.29 bits per heavy atom. The van der Waals surface area contributed by atoms with Gasteiger partial charge in [0.15, 0.2) is 0 Å². The van der Waals surface area contributed by atoms with Gasteiger partial charge in [-0.05, 0) is 19.9 Å². The number of hydrogen-bond donors (Lipinski definition) is 1. The van der Waals surface area contributed by atoms with Crippen molar-refractivity contribution >= 4 is 7.05 Å². The molecule has 0 fully saturated rings. The Bertz CT molecular complexity index is 107. The lowest BCUT2D eigenvalue weighted by molar-refractivity contribution is 1.44. The second kappa shape index (κ2) is 2.32. The van der Waals surface area contributed by atoms with Gasteiger partial charge in [-0.3, -0.25) is 0 Å². The van der Waals surface area contributed by atoms with Crippen LogP contribution in [0.25, 0.3) is 0 Å². The molecule has 0 aromatic heterocycles. The van der Waals surface area contributed by atoms with Crippen LogP contribution in [-0.4, -0.2) is 12.8 Å². The van der Waals surface area contributed by atoms with Crippen LogP contribution in [0.1, 0.15) is 6.92 Å². The summed E-state index contributed by atoms with van der Waals surface area (Å²) >= 11 is 0. The lowest BCUT2D eigenvalue weighted by Gasteiger charge is -2.04. The minimum absolute atomic E-state index is 0.955. The highest BCUT2D eigenvalue weighted by Gasteiger charge is 1.96. The van der Waals surface area contributed by atoms with Crippen LogP contribution >= 0.6 is 7.05 Å². The molecule has 0 rings (SSSR count). The van der Waals surface area contributed by atoms with Gasteiger partial charge >= 0.3 is 0 Å². The maximum atomic E-state index is 7.42. The molecule has 0 saturated heterocycles. The summed E-state index contributed by atoms with van der Waals surface area (Å²) < 4.78 is 0. The first-order valence-corrected chi connectivity index (χ1v) is 4.85. The van der Waals surface area contributed by atoms with Gasteiger partial charge in [0.2, 0.25) is 0 Å². The molecule has 7 heavy (non-hydrogen) atoms. The van der Waals surface area contributed by atoms with E-state index in [1.807, 2.05) is 13.6 Å². The highest BCUT2D eigenvalue weighted by Crippen LogP contribution is 2.41. The molecule has 0 heterocycles. The Morgan fingerprint density at radius 1 is 1.86 bits per heavy atom. The Morgan fingerprint density at radius 2 is 2.29 bits per heavy atom. The summed E-state index contributed by atoms with van der Waals surface area (Å²) in [6.07, 6.45) is 0.955. The third-order valence-corrected chi connectivity index (χ3v) is 3.18. The first kappa shape index (κ1) is 6.97. The maximum absolute atomic E-state index is 7.42. The standard InChI is InChI=1S/C5H12NP/c1-4-7(3,6)5-2/h4,6H,1,5H2,2-3H3. The van der Waals surface area contributed by atoms with Crippen LogP contribution in [0.2, 0.25) is 0 Å². The van der Waals surface area contributed by atoms with Crippen molar-refractivity contribution in [2.45, 2.75) is 6.92 Å². The molecule has 0 aliphatic carbocycles. The molecule has 42 valence electrons. The molecule has 2 heteroatoms. The van der Waals surface area contributed by atoms with E-state index >= 15 is 0 Å². The summed E-state index contributed by atoms with van der Waals surface area (Å²) in [4.78, 5) is 0. The fourth-order valence-electron chi connectivity index (χ4n) is 0.129. The van der Waals surface area contributed by atoms with Crippen molar-refractivity contribution in [2.75, 3.05) is 12.8 Å². The van der Waals surface area contributed by atoms with Gasteiger partial charge in [0.05, 0.1) is 0 Å². The Balaban J connectivity index is 3.85. The zero-order chi connectivity index (χ0) is 5.91. The average molecular weight is 117 g/mol. The number of hydrogen-bond acceptors (Lipinski definition) is 1. The fraction of sp³-hybridized carbons (Fsp3) is 0.600. The van der Waals surface area contributed by atoms with Crippen molar-refractivity contribution in [1.29, 1.82) is 5.16 Å². The predicted molar refractivity (Wildman–Crippen MR) is 36.3 cm³/mol. The van der Waals surface area contributed by atoms with Gasteiger partial charge < -0.3 is 5.16 Å². The number of nitrogens with one attached hydrogen (secondary N) is 1. The summed E-state index contributed by atoms with van der Waals surface area (Å²) in [6.45, 7) is 7.55. The van der Waals surface area contributed by atoms with Gasteiger partial charge in [-0.2, -0.15) is 0 Å².